The highest BCUT2D eigenvalue weighted by atomic mass is 35.5. The first kappa shape index (κ1) is 22.3. The molecule has 30 heavy (non-hydrogen) atoms. The zero-order chi connectivity index (χ0) is 21.3. The quantitative estimate of drug-likeness (QED) is 0.395. The number of nitrogens with zero attached hydrogens (tertiary/aromatic N) is 2. The summed E-state index contributed by atoms with van der Waals surface area (Å²) in [4.78, 5) is 4.24. The van der Waals surface area contributed by atoms with Gasteiger partial charge < -0.3 is 25.6 Å². The van der Waals surface area contributed by atoms with Crippen LogP contribution in [-0.2, 0) is 0 Å². The summed E-state index contributed by atoms with van der Waals surface area (Å²) in [5.41, 5.74) is 7.39. The molecule has 0 amide bonds. The van der Waals surface area contributed by atoms with E-state index in [1.54, 1.807) is 0 Å². The van der Waals surface area contributed by atoms with Gasteiger partial charge in [0.15, 0.2) is 10.2 Å². The summed E-state index contributed by atoms with van der Waals surface area (Å²) in [7, 11) is 0. The van der Waals surface area contributed by atoms with Crippen molar-refractivity contribution in [2.45, 2.75) is 19.3 Å². The molecule has 0 unspecified atom stereocenters. The van der Waals surface area contributed by atoms with Crippen molar-refractivity contribution >= 4 is 57.6 Å². The van der Waals surface area contributed by atoms with Crippen LogP contribution in [0.1, 0.15) is 19.3 Å². The molecule has 0 aromatic heterocycles. The number of nitrogens with two attached hydrogens (primary N) is 1. The highest BCUT2D eigenvalue weighted by Gasteiger charge is 2.19. The third-order valence-electron chi connectivity index (χ3n) is 4.60. The van der Waals surface area contributed by atoms with Crippen LogP contribution in [0, 0.1) is 0 Å². The molecule has 158 valence electrons. The average Bonchev–Trinajstić information content (AvgIpc) is 2.72. The molecule has 0 spiro atoms. The van der Waals surface area contributed by atoms with Crippen molar-refractivity contribution in [3.63, 3.8) is 0 Å². The Morgan fingerprint density at radius 3 is 2.70 bits per heavy atom. The van der Waals surface area contributed by atoms with E-state index >= 15 is 0 Å². The van der Waals surface area contributed by atoms with Gasteiger partial charge >= 0.3 is 0 Å². The predicted molar refractivity (Wildman–Crippen MR) is 133 cm³/mol. The summed E-state index contributed by atoms with van der Waals surface area (Å²) in [5.74, 6) is 0.801. The molecule has 0 fully saturated rings. The van der Waals surface area contributed by atoms with Gasteiger partial charge in [0.2, 0.25) is 0 Å². The van der Waals surface area contributed by atoms with Crippen LogP contribution in [0.3, 0.4) is 0 Å². The molecule has 0 radical (unpaired) electrons. The molecule has 5 nitrogen and oxygen atoms in total. The van der Waals surface area contributed by atoms with E-state index in [0.717, 1.165) is 59.6 Å². The molecular formula is C22H25ClN4OS2. The maximum absolute atomic E-state index is 5.99. The van der Waals surface area contributed by atoms with Gasteiger partial charge in [0.05, 0.1) is 6.61 Å². The number of benzene rings is 2. The molecule has 2 aromatic carbocycles. The number of ether oxygens (including phenoxy) is 1. The minimum atomic E-state index is 0.242. The first-order chi connectivity index (χ1) is 14.5. The monoisotopic (exact) mass is 460 g/mol. The largest absolute Gasteiger partial charge is 0.494 e. The summed E-state index contributed by atoms with van der Waals surface area (Å²) in [6.45, 7) is 2.31. The minimum absolute atomic E-state index is 0.242. The molecule has 0 atom stereocenters. The van der Waals surface area contributed by atoms with Crippen molar-refractivity contribution in [3.8, 4) is 5.75 Å². The van der Waals surface area contributed by atoms with Crippen molar-refractivity contribution in [3.05, 3.63) is 65.8 Å². The average molecular weight is 461 g/mol. The number of anilines is 2. The fourth-order valence-electron chi connectivity index (χ4n) is 3.14. The standard InChI is InChI=1S/C22H25ClN4OS2/c23-17-8-10-19(11-9-17)27-14-5-13-26(22(27)30)12-2-1-3-15-28-20-7-4-6-18(16-20)25-21(24)29/h4-11,13,16H,1-3,12,14-15H2,(H3,24,25,29). The molecule has 1 aliphatic rings. The van der Waals surface area contributed by atoms with Gasteiger partial charge in [0, 0.05) is 41.8 Å². The van der Waals surface area contributed by atoms with E-state index in [4.69, 9.17) is 46.5 Å². The van der Waals surface area contributed by atoms with Crippen LogP contribution in [0.2, 0.25) is 5.02 Å². The summed E-state index contributed by atoms with van der Waals surface area (Å²) in [6, 6.07) is 15.4. The number of unbranched alkanes of at least 4 members (excludes halogenated alkanes) is 2. The van der Waals surface area contributed by atoms with Gasteiger partial charge in [-0.25, -0.2) is 0 Å². The number of thiocarbonyl (C=S) groups is 2. The molecule has 8 heteroatoms. The smallest absolute Gasteiger partial charge is 0.180 e. The van der Waals surface area contributed by atoms with E-state index in [9.17, 15) is 0 Å². The Morgan fingerprint density at radius 1 is 1.13 bits per heavy atom. The van der Waals surface area contributed by atoms with Gasteiger partial charge in [0.25, 0.3) is 0 Å². The Balaban J connectivity index is 1.38. The molecule has 2 aromatic rings. The molecule has 1 heterocycles. The molecule has 3 rings (SSSR count). The van der Waals surface area contributed by atoms with Crippen LogP contribution in [-0.4, -0.2) is 34.8 Å². The topological polar surface area (TPSA) is 53.8 Å². The zero-order valence-corrected chi connectivity index (χ0v) is 19.0. The van der Waals surface area contributed by atoms with Crippen LogP contribution >= 0.6 is 36.0 Å². The van der Waals surface area contributed by atoms with Crippen molar-refractivity contribution in [1.29, 1.82) is 0 Å². The maximum Gasteiger partial charge on any atom is 0.180 e. The van der Waals surface area contributed by atoms with Crippen molar-refractivity contribution in [2.75, 3.05) is 29.9 Å². The fourth-order valence-corrected chi connectivity index (χ4v) is 3.72. The second-order valence-corrected chi connectivity index (χ2v) is 8.12. The fraction of sp³-hybridized carbons (Fsp3) is 0.273. The Labute approximate surface area is 193 Å². The molecule has 3 N–H and O–H groups in total. The Kier molecular flexibility index (Phi) is 8.30. The second-order valence-electron chi connectivity index (χ2n) is 6.87. The first-order valence-electron chi connectivity index (χ1n) is 9.82. The van der Waals surface area contributed by atoms with E-state index in [1.807, 2.05) is 48.5 Å². The lowest BCUT2D eigenvalue weighted by Crippen LogP contribution is -2.44. The number of hydrogen-bond donors (Lipinski definition) is 2. The van der Waals surface area contributed by atoms with Gasteiger partial charge in [-0.2, -0.15) is 0 Å². The highest BCUT2D eigenvalue weighted by Crippen LogP contribution is 2.22. The minimum Gasteiger partial charge on any atom is -0.494 e. The Hall–Kier alpha value is -2.35. The van der Waals surface area contributed by atoms with Gasteiger partial charge in [-0.3, -0.25) is 0 Å². The zero-order valence-electron chi connectivity index (χ0n) is 16.6. The van der Waals surface area contributed by atoms with Crippen molar-refractivity contribution in [2.24, 2.45) is 5.73 Å². The lowest BCUT2D eigenvalue weighted by atomic mass is 10.2. The van der Waals surface area contributed by atoms with Crippen molar-refractivity contribution in [1.82, 2.24) is 4.90 Å². The SMILES string of the molecule is NC(=S)Nc1cccc(OCCCCCN2C=CCN(c3ccc(Cl)cc3)C2=S)c1. The number of halogens is 1. The van der Waals surface area contributed by atoms with Crippen LogP contribution in [0.15, 0.2) is 60.8 Å². The van der Waals surface area contributed by atoms with Gasteiger partial charge in [-0.15, -0.1) is 0 Å². The third kappa shape index (κ3) is 6.58. The Morgan fingerprint density at radius 2 is 1.93 bits per heavy atom. The molecular weight excluding hydrogens is 436 g/mol. The van der Waals surface area contributed by atoms with Gasteiger partial charge in [-0.1, -0.05) is 17.7 Å². The summed E-state index contributed by atoms with van der Waals surface area (Å²) in [5, 5.41) is 4.69. The molecule has 0 aliphatic carbocycles. The van der Waals surface area contributed by atoms with E-state index in [1.165, 1.54) is 0 Å². The highest BCUT2D eigenvalue weighted by molar-refractivity contribution is 7.80. The number of hydrogen-bond acceptors (Lipinski definition) is 3. The van der Waals surface area contributed by atoms with E-state index in [0.29, 0.717) is 6.61 Å². The summed E-state index contributed by atoms with van der Waals surface area (Å²) >= 11 is 16.5. The normalized spacial score (nSPS) is 13.4. The summed E-state index contributed by atoms with van der Waals surface area (Å²) in [6.07, 6.45) is 7.26. The van der Waals surface area contributed by atoms with Crippen LogP contribution < -0.4 is 20.7 Å². The third-order valence-corrected chi connectivity index (χ3v) is 5.41. The lowest BCUT2D eigenvalue weighted by molar-refractivity contribution is 0.303. The van der Waals surface area contributed by atoms with Crippen molar-refractivity contribution < 1.29 is 4.74 Å². The lowest BCUT2D eigenvalue weighted by Gasteiger charge is -2.34. The van der Waals surface area contributed by atoms with Gasteiger partial charge in [0.1, 0.15) is 5.75 Å². The molecule has 0 bridgehead atoms. The van der Waals surface area contributed by atoms with E-state index in [2.05, 4.69) is 27.4 Å². The molecule has 0 saturated carbocycles. The molecule has 1 aliphatic heterocycles. The van der Waals surface area contributed by atoms with Crippen LogP contribution in [0.4, 0.5) is 11.4 Å². The predicted octanol–water partition coefficient (Wildman–Crippen LogP) is 5.17. The number of nitrogens with one attached hydrogen (secondary N) is 1. The molecule has 0 saturated heterocycles. The maximum atomic E-state index is 5.99. The Bertz CT molecular complexity index is 904. The van der Waals surface area contributed by atoms with Gasteiger partial charge in [-0.05, 0) is 86.2 Å². The van der Waals surface area contributed by atoms with E-state index in [-0.39, 0.29) is 5.11 Å². The second kappa shape index (κ2) is 11.2. The van der Waals surface area contributed by atoms with E-state index < -0.39 is 0 Å². The number of rotatable bonds is 9. The van der Waals surface area contributed by atoms with Crippen LogP contribution in [0.25, 0.3) is 0 Å². The summed E-state index contributed by atoms with van der Waals surface area (Å²) < 4.78 is 5.83. The first-order valence-corrected chi connectivity index (χ1v) is 11.0. The van der Waals surface area contributed by atoms with Crippen LogP contribution in [0.5, 0.6) is 5.75 Å².